The summed E-state index contributed by atoms with van der Waals surface area (Å²) in [5, 5.41) is 0. The molecule has 0 aromatic rings. The van der Waals surface area contributed by atoms with Crippen LogP contribution in [0.1, 0.15) is 32.6 Å². The molecule has 4 nitrogen and oxygen atoms in total. The van der Waals surface area contributed by atoms with Crippen molar-refractivity contribution in [3.8, 4) is 0 Å². The summed E-state index contributed by atoms with van der Waals surface area (Å²) in [7, 11) is 1.69. The number of nitrogens with two attached hydrogens (primary N) is 1. The van der Waals surface area contributed by atoms with Gasteiger partial charge in [-0.25, -0.2) is 0 Å². The van der Waals surface area contributed by atoms with Gasteiger partial charge in [-0.2, -0.15) is 0 Å². The predicted molar refractivity (Wildman–Crippen MR) is 52.8 cm³/mol. The molecule has 0 aromatic carbocycles. The van der Waals surface area contributed by atoms with E-state index in [1.165, 1.54) is 0 Å². The van der Waals surface area contributed by atoms with E-state index >= 15 is 0 Å². The molecule has 3 atom stereocenters. The fourth-order valence-electron chi connectivity index (χ4n) is 1.69. The third kappa shape index (κ3) is 3.27. The molecule has 1 rings (SSSR count). The fourth-order valence-corrected chi connectivity index (χ4v) is 1.69. The van der Waals surface area contributed by atoms with Gasteiger partial charge in [-0.05, 0) is 26.2 Å². The Balaban J connectivity index is 2.34. The van der Waals surface area contributed by atoms with Crippen molar-refractivity contribution in [2.75, 3.05) is 7.11 Å². The van der Waals surface area contributed by atoms with Gasteiger partial charge in [-0.3, -0.25) is 4.79 Å². The normalized spacial score (nSPS) is 29.6. The molecule has 2 N–H and O–H groups in total. The highest BCUT2D eigenvalue weighted by atomic mass is 16.5. The lowest BCUT2D eigenvalue weighted by Gasteiger charge is -2.28. The van der Waals surface area contributed by atoms with E-state index in [1.807, 2.05) is 0 Å². The molecule has 0 heterocycles. The van der Waals surface area contributed by atoms with Crippen LogP contribution in [0.2, 0.25) is 0 Å². The Hall–Kier alpha value is -0.610. The van der Waals surface area contributed by atoms with Crippen molar-refractivity contribution < 1.29 is 14.3 Å². The Kier molecular flexibility index (Phi) is 4.35. The third-order valence-electron chi connectivity index (χ3n) is 2.57. The summed E-state index contributed by atoms with van der Waals surface area (Å²) in [4.78, 5) is 11.2. The zero-order valence-electron chi connectivity index (χ0n) is 8.86. The highest BCUT2D eigenvalue weighted by Gasteiger charge is 2.25. The van der Waals surface area contributed by atoms with Crippen LogP contribution in [-0.4, -0.2) is 31.3 Å². The smallest absolute Gasteiger partial charge is 0.322 e. The summed E-state index contributed by atoms with van der Waals surface area (Å²) in [6.45, 7) is 1.64. The van der Waals surface area contributed by atoms with E-state index < -0.39 is 6.04 Å². The summed E-state index contributed by atoms with van der Waals surface area (Å²) in [6, 6.07) is -0.530. The number of carbonyl (C=O) groups is 1. The lowest BCUT2D eigenvalue weighted by molar-refractivity contribution is -0.153. The van der Waals surface area contributed by atoms with Crippen LogP contribution in [0, 0.1) is 0 Å². The molecule has 1 fully saturated rings. The molecular formula is C10H19NO3. The van der Waals surface area contributed by atoms with Gasteiger partial charge in [0.25, 0.3) is 0 Å². The number of hydrogen-bond acceptors (Lipinski definition) is 4. The third-order valence-corrected chi connectivity index (χ3v) is 2.57. The SMILES string of the molecule is COC1CCCC(OC(=O)[C@H](C)N)C1. The average molecular weight is 201 g/mol. The summed E-state index contributed by atoms with van der Waals surface area (Å²) in [5.41, 5.74) is 5.41. The lowest BCUT2D eigenvalue weighted by Crippen LogP contribution is -2.35. The van der Waals surface area contributed by atoms with E-state index in [9.17, 15) is 4.79 Å². The zero-order chi connectivity index (χ0) is 10.6. The lowest BCUT2D eigenvalue weighted by atomic mass is 9.95. The maximum Gasteiger partial charge on any atom is 0.322 e. The summed E-state index contributed by atoms with van der Waals surface area (Å²) >= 11 is 0. The van der Waals surface area contributed by atoms with E-state index in [0.717, 1.165) is 25.7 Å². The topological polar surface area (TPSA) is 61.5 Å². The van der Waals surface area contributed by atoms with Crippen LogP contribution in [0.4, 0.5) is 0 Å². The molecule has 0 amide bonds. The van der Waals surface area contributed by atoms with E-state index in [-0.39, 0.29) is 18.2 Å². The van der Waals surface area contributed by atoms with Gasteiger partial charge in [0.05, 0.1) is 6.10 Å². The van der Waals surface area contributed by atoms with Gasteiger partial charge in [-0.1, -0.05) is 0 Å². The van der Waals surface area contributed by atoms with Crippen molar-refractivity contribution in [1.29, 1.82) is 0 Å². The van der Waals surface area contributed by atoms with Crippen LogP contribution < -0.4 is 5.73 Å². The molecule has 0 saturated heterocycles. The first-order valence-corrected chi connectivity index (χ1v) is 5.12. The van der Waals surface area contributed by atoms with Gasteiger partial charge in [0.1, 0.15) is 12.1 Å². The highest BCUT2D eigenvalue weighted by molar-refractivity contribution is 5.75. The predicted octanol–water partition coefficient (Wildman–Crippen LogP) is 0.834. The summed E-state index contributed by atoms with van der Waals surface area (Å²) < 4.78 is 10.5. The van der Waals surface area contributed by atoms with Crippen molar-refractivity contribution in [2.24, 2.45) is 5.73 Å². The molecule has 1 aliphatic carbocycles. The Morgan fingerprint density at radius 2 is 2.07 bits per heavy atom. The van der Waals surface area contributed by atoms with Crippen molar-refractivity contribution in [2.45, 2.75) is 50.9 Å². The van der Waals surface area contributed by atoms with Crippen LogP contribution in [0.25, 0.3) is 0 Å². The number of carbonyl (C=O) groups excluding carboxylic acids is 1. The van der Waals surface area contributed by atoms with E-state index in [0.29, 0.717) is 0 Å². The van der Waals surface area contributed by atoms with Crippen LogP contribution in [0.15, 0.2) is 0 Å². The second kappa shape index (κ2) is 5.32. The number of methoxy groups -OCH3 is 1. The van der Waals surface area contributed by atoms with Crippen molar-refractivity contribution in [3.05, 3.63) is 0 Å². The van der Waals surface area contributed by atoms with Gasteiger partial charge >= 0.3 is 5.97 Å². The minimum Gasteiger partial charge on any atom is -0.461 e. The van der Waals surface area contributed by atoms with Crippen LogP contribution in [-0.2, 0) is 14.3 Å². The van der Waals surface area contributed by atoms with Gasteiger partial charge in [0.2, 0.25) is 0 Å². The number of hydrogen-bond donors (Lipinski definition) is 1. The van der Waals surface area contributed by atoms with Crippen LogP contribution in [0.3, 0.4) is 0 Å². The number of esters is 1. The quantitative estimate of drug-likeness (QED) is 0.687. The molecule has 1 saturated carbocycles. The Labute approximate surface area is 84.7 Å². The standard InChI is InChI=1S/C10H19NO3/c1-7(11)10(12)14-9-5-3-4-8(6-9)13-2/h7-9H,3-6,11H2,1-2H3/t7-,8?,9?/m0/s1. The summed E-state index contributed by atoms with van der Waals surface area (Å²) in [5.74, 6) is -0.313. The van der Waals surface area contributed by atoms with E-state index in [2.05, 4.69) is 0 Å². The molecular weight excluding hydrogens is 182 g/mol. The van der Waals surface area contributed by atoms with Crippen molar-refractivity contribution in [3.63, 3.8) is 0 Å². The molecule has 1 aliphatic rings. The van der Waals surface area contributed by atoms with Crippen LogP contribution in [0.5, 0.6) is 0 Å². The minimum atomic E-state index is -0.530. The second-order valence-corrected chi connectivity index (χ2v) is 3.87. The van der Waals surface area contributed by atoms with Gasteiger partial charge in [0, 0.05) is 13.5 Å². The molecule has 0 bridgehead atoms. The average Bonchev–Trinajstić information content (AvgIpc) is 2.18. The van der Waals surface area contributed by atoms with Crippen molar-refractivity contribution in [1.82, 2.24) is 0 Å². The first kappa shape index (κ1) is 11.5. The first-order chi connectivity index (χ1) is 6.63. The number of ether oxygens (including phenoxy) is 2. The molecule has 14 heavy (non-hydrogen) atoms. The molecule has 4 heteroatoms. The maximum absolute atomic E-state index is 11.2. The molecule has 0 radical (unpaired) electrons. The Morgan fingerprint density at radius 1 is 1.43 bits per heavy atom. The Bertz CT molecular complexity index is 194. The molecule has 0 aliphatic heterocycles. The van der Waals surface area contributed by atoms with E-state index in [1.54, 1.807) is 14.0 Å². The summed E-state index contributed by atoms with van der Waals surface area (Å²) in [6.07, 6.45) is 4.06. The molecule has 2 unspecified atom stereocenters. The monoisotopic (exact) mass is 201 g/mol. The zero-order valence-corrected chi connectivity index (χ0v) is 8.86. The minimum absolute atomic E-state index is 0.00722. The Morgan fingerprint density at radius 3 is 2.64 bits per heavy atom. The van der Waals surface area contributed by atoms with Gasteiger partial charge < -0.3 is 15.2 Å². The van der Waals surface area contributed by atoms with E-state index in [4.69, 9.17) is 15.2 Å². The second-order valence-electron chi connectivity index (χ2n) is 3.87. The first-order valence-electron chi connectivity index (χ1n) is 5.12. The van der Waals surface area contributed by atoms with Crippen molar-refractivity contribution >= 4 is 5.97 Å². The molecule has 0 spiro atoms. The van der Waals surface area contributed by atoms with Gasteiger partial charge in [0.15, 0.2) is 0 Å². The molecule has 0 aromatic heterocycles. The maximum atomic E-state index is 11.2. The van der Waals surface area contributed by atoms with Crippen LogP contribution >= 0.6 is 0 Å². The largest absolute Gasteiger partial charge is 0.461 e. The van der Waals surface area contributed by atoms with Gasteiger partial charge in [-0.15, -0.1) is 0 Å². The highest BCUT2D eigenvalue weighted by Crippen LogP contribution is 2.23. The fraction of sp³-hybridized carbons (Fsp3) is 0.900. The number of rotatable bonds is 3. The molecule has 82 valence electrons.